The summed E-state index contributed by atoms with van der Waals surface area (Å²) in [6, 6.07) is 11.3. The maximum atomic E-state index is 4.66. The Kier molecular flexibility index (Phi) is 7.95. The van der Waals surface area contributed by atoms with Gasteiger partial charge in [0, 0.05) is 38.8 Å². The van der Waals surface area contributed by atoms with Crippen molar-refractivity contribution in [3.63, 3.8) is 0 Å². The zero-order chi connectivity index (χ0) is 16.3. The third kappa shape index (κ3) is 6.61. The van der Waals surface area contributed by atoms with E-state index in [-0.39, 0.29) is 0 Å². The first-order valence-electron chi connectivity index (χ1n) is 9.13. The SMILES string of the molecule is CCCCN=C(NCC)NC1CCN(Cc2ccccc2)CC1. The number of guanidine groups is 1. The van der Waals surface area contributed by atoms with Crippen LogP contribution in [0.1, 0.15) is 45.1 Å². The molecule has 2 N–H and O–H groups in total. The minimum atomic E-state index is 0.543. The topological polar surface area (TPSA) is 39.7 Å². The first kappa shape index (κ1) is 17.8. The first-order chi connectivity index (χ1) is 11.3. The lowest BCUT2D eigenvalue weighted by molar-refractivity contribution is 0.198. The number of piperidine rings is 1. The summed E-state index contributed by atoms with van der Waals surface area (Å²) in [5, 5.41) is 6.98. The van der Waals surface area contributed by atoms with Gasteiger partial charge in [-0.05, 0) is 31.7 Å². The van der Waals surface area contributed by atoms with E-state index in [2.05, 4.69) is 64.7 Å². The van der Waals surface area contributed by atoms with E-state index in [1.54, 1.807) is 0 Å². The summed E-state index contributed by atoms with van der Waals surface area (Å²) in [6.07, 6.45) is 4.73. The monoisotopic (exact) mass is 316 g/mol. The van der Waals surface area contributed by atoms with Gasteiger partial charge in [-0.15, -0.1) is 0 Å². The fourth-order valence-corrected chi connectivity index (χ4v) is 2.94. The lowest BCUT2D eigenvalue weighted by Gasteiger charge is -2.33. The molecule has 0 saturated carbocycles. The van der Waals surface area contributed by atoms with E-state index < -0.39 is 0 Å². The molecule has 128 valence electrons. The molecule has 0 spiro atoms. The number of hydrogen-bond donors (Lipinski definition) is 2. The van der Waals surface area contributed by atoms with Crippen molar-refractivity contribution in [2.75, 3.05) is 26.2 Å². The van der Waals surface area contributed by atoms with E-state index in [1.807, 2.05) is 0 Å². The molecule has 1 fully saturated rings. The van der Waals surface area contributed by atoms with Crippen molar-refractivity contribution in [1.29, 1.82) is 0 Å². The Bertz CT molecular complexity index is 450. The van der Waals surface area contributed by atoms with Gasteiger partial charge in [0.1, 0.15) is 0 Å². The Hall–Kier alpha value is -1.55. The van der Waals surface area contributed by atoms with Crippen LogP contribution in [-0.2, 0) is 6.54 Å². The third-order valence-corrected chi connectivity index (χ3v) is 4.30. The highest BCUT2D eigenvalue weighted by molar-refractivity contribution is 5.80. The molecule has 0 aromatic heterocycles. The van der Waals surface area contributed by atoms with Crippen molar-refractivity contribution in [3.8, 4) is 0 Å². The van der Waals surface area contributed by atoms with Crippen LogP contribution in [0.25, 0.3) is 0 Å². The molecule has 1 aromatic carbocycles. The maximum absolute atomic E-state index is 4.66. The van der Waals surface area contributed by atoms with Crippen LogP contribution in [0.4, 0.5) is 0 Å². The van der Waals surface area contributed by atoms with Crippen LogP contribution < -0.4 is 10.6 Å². The molecule has 4 nitrogen and oxygen atoms in total. The van der Waals surface area contributed by atoms with Crippen molar-refractivity contribution >= 4 is 5.96 Å². The van der Waals surface area contributed by atoms with Gasteiger partial charge >= 0.3 is 0 Å². The van der Waals surface area contributed by atoms with E-state index in [4.69, 9.17) is 0 Å². The highest BCUT2D eigenvalue weighted by Gasteiger charge is 2.19. The predicted molar refractivity (Wildman–Crippen MR) is 98.8 cm³/mol. The van der Waals surface area contributed by atoms with Crippen molar-refractivity contribution < 1.29 is 0 Å². The fraction of sp³-hybridized carbons (Fsp3) is 0.632. The second-order valence-corrected chi connectivity index (χ2v) is 6.29. The van der Waals surface area contributed by atoms with Crippen LogP contribution in [0.15, 0.2) is 35.3 Å². The van der Waals surface area contributed by atoms with Crippen molar-refractivity contribution in [1.82, 2.24) is 15.5 Å². The smallest absolute Gasteiger partial charge is 0.191 e. The van der Waals surface area contributed by atoms with Gasteiger partial charge in [0.2, 0.25) is 0 Å². The lowest BCUT2D eigenvalue weighted by atomic mass is 10.0. The van der Waals surface area contributed by atoms with Crippen molar-refractivity contribution in [2.45, 2.75) is 52.1 Å². The van der Waals surface area contributed by atoms with Gasteiger partial charge in [0.25, 0.3) is 0 Å². The fourth-order valence-electron chi connectivity index (χ4n) is 2.94. The molecule has 23 heavy (non-hydrogen) atoms. The first-order valence-corrected chi connectivity index (χ1v) is 9.13. The number of likely N-dealkylation sites (tertiary alicyclic amines) is 1. The number of nitrogens with one attached hydrogen (secondary N) is 2. The number of hydrogen-bond acceptors (Lipinski definition) is 2. The average Bonchev–Trinajstić information content (AvgIpc) is 2.58. The average molecular weight is 316 g/mol. The second-order valence-electron chi connectivity index (χ2n) is 6.29. The van der Waals surface area contributed by atoms with E-state index in [0.717, 1.165) is 45.1 Å². The number of rotatable bonds is 7. The Morgan fingerprint density at radius 2 is 1.91 bits per heavy atom. The summed E-state index contributed by atoms with van der Waals surface area (Å²) in [4.78, 5) is 7.22. The summed E-state index contributed by atoms with van der Waals surface area (Å²) in [5.74, 6) is 0.988. The van der Waals surface area contributed by atoms with Crippen molar-refractivity contribution in [3.05, 3.63) is 35.9 Å². The third-order valence-electron chi connectivity index (χ3n) is 4.30. The van der Waals surface area contributed by atoms with E-state index in [0.29, 0.717) is 6.04 Å². The summed E-state index contributed by atoms with van der Waals surface area (Å²) < 4.78 is 0. The van der Waals surface area contributed by atoms with Crippen LogP contribution in [0.2, 0.25) is 0 Å². The number of unbranched alkanes of at least 4 members (excludes halogenated alkanes) is 1. The van der Waals surface area contributed by atoms with Gasteiger partial charge in [-0.3, -0.25) is 9.89 Å². The molecule has 1 saturated heterocycles. The normalized spacial score (nSPS) is 17.2. The summed E-state index contributed by atoms with van der Waals surface area (Å²) in [6.45, 7) is 9.54. The van der Waals surface area contributed by atoms with E-state index in [1.165, 1.54) is 24.8 Å². The van der Waals surface area contributed by atoms with Gasteiger partial charge in [-0.2, -0.15) is 0 Å². The zero-order valence-corrected chi connectivity index (χ0v) is 14.7. The highest BCUT2D eigenvalue weighted by atomic mass is 15.2. The van der Waals surface area contributed by atoms with Crippen LogP contribution in [0, 0.1) is 0 Å². The maximum Gasteiger partial charge on any atom is 0.191 e. The van der Waals surface area contributed by atoms with Gasteiger partial charge in [-0.1, -0.05) is 43.7 Å². The van der Waals surface area contributed by atoms with Gasteiger partial charge in [0.15, 0.2) is 5.96 Å². The molecular weight excluding hydrogens is 284 g/mol. The Labute approximate surface area is 141 Å². The van der Waals surface area contributed by atoms with E-state index in [9.17, 15) is 0 Å². The molecular formula is C19H32N4. The zero-order valence-electron chi connectivity index (χ0n) is 14.7. The molecule has 1 aliphatic heterocycles. The van der Waals surface area contributed by atoms with E-state index >= 15 is 0 Å². The molecule has 4 heteroatoms. The molecule has 0 radical (unpaired) electrons. The predicted octanol–water partition coefficient (Wildman–Crippen LogP) is 3.01. The molecule has 1 heterocycles. The molecule has 0 bridgehead atoms. The summed E-state index contributed by atoms with van der Waals surface area (Å²) >= 11 is 0. The Morgan fingerprint density at radius 3 is 2.57 bits per heavy atom. The number of aliphatic imine (C=N–C) groups is 1. The number of benzene rings is 1. The Balaban J connectivity index is 1.75. The van der Waals surface area contributed by atoms with Crippen LogP contribution in [0.5, 0.6) is 0 Å². The minimum Gasteiger partial charge on any atom is -0.357 e. The standard InChI is InChI=1S/C19H32N4/c1-3-5-13-21-19(20-4-2)22-18-11-14-23(15-12-18)16-17-9-7-6-8-10-17/h6-10,18H,3-5,11-16H2,1-2H3,(H2,20,21,22). The quantitative estimate of drug-likeness (QED) is 0.461. The molecule has 1 aromatic rings. The number of nitrogens with zero attached hydrogens (tertiary/aromatic N) is 2. The summed E-state index contributed by atoms with van der Waals surface area (Å²) in [7, 11) is 0. The van der Waals surface area contributed by atoms with Gasteiger partial charge < -0.3 is 10.6 Å². The minimum absolute atomic E-state index is 0.543. The van der Waals surface area contributed by atoms with Crippen LogP contribution >= 0.6 is 0 Å². The molecule has 0 aliphatic carbocycles. The lowest BCUT2D eigenvalue weighted by Crippen LogP contribution is -2.48. The molecule has 0 unspecified atom stereocenters. The molecule has 0 amide bonds. The van der Waals surface area contributed by atoms with Gasteiger partial charge in [0.05, 0.1) is 0 Å². The van der Waals surface area contributed by atoms with Gasteiger partial charge in [-0.25, -0.2) is 0 Å². The van der Waals surface area contributed by atoms with Crippen LogP contribution in [-0.4, -0.2) is 43.1 Å². The summed E-state index contributed by atoms with van der Waals surface area (Å²) in [5.41, 5.74) is 1.41. The molecule has 1 aliphatic rings. The van der Waals surface area contributed by atoms with Crippen molar-refractivity contribution in [2.24, 2.45) is 4.99 Å². The molecule has 2 rings (SSSR count). The second kappa shape index (κ2) is 10.3. The molecule has 0 atom stereocenters. The van der Waals surface area contributed by atoms with Crippen LogP contribution in [0.3, 0.4) is 0 Å². The largest absolute Gasteiger partial charge is 0.357 e. The Morgan fingerprint density at radius 1 is 1.17 bits per heavy atom. The highest BCUT2D eigenvalue weighted by Crippen LogP contribution is 2.13.